The van der Waals surface area contributed by atoms with Gasteiger partial charge in [0.1, 0.15) is 6.54 Å². The number of hydrogen-bond donors (Lipinski definition) is 1. The summed E-state index contributed by atoms with van der Waals surface area (Å²) in [5.74, 6) is -1.31. The lowest BCUT2D eigenvalue weighted by molar-refractivity contribution is -0.385. The lowest BCUT2D eigenvalue weighted by Gasteiger charge is -2.33. The van der Waals surface area contributed by atoms with Gasteiger partial charge in [0.05, 0.1) is 9.82 Å². The largest absolute Gasteiger partial charge is 0.480 e. The van der Waals surface area contributed by atoms with E-state index in [9.17, 15) is 23.3 Å². The van der Waals surface area contributed by atoms with Crippen molar-refractivity contribution in [2.45, 2.75) is 31.2 Å². The van der Waals surface area contributed by atoms with Crippen molar-refractivity contribution < 1.29 is 23.2 Å². The molecule has 0 bridgehead atoms. The summed E-state index contributed by atoms with van der Waals surface area (Å²) >= 11 is 0. The molecule has 8 nitrogen and oxygen atoms in total. The monoisotopic (exact) mass is 316 g/mol. The Hall–Kier alpha value is -2.00. The van der Waals surface area contributed by atoms with Crippen molar-refractivity contribution in [1.29, 1.82) is 0 Å². The predicted molar refractivity (Wildman–Crippen MR) is 74.4 cm³/mol. The second kappa shape index (κ2) is 5.78. The van der Waals surface area contributed by atoms with Gasteiger partial charge in [-0.3, -0.25) is 14.9 Å². The molecule has 0 amide bonds. The van der Waals surface area contributed by atoms with Gasteiger partial charge in [0, 0.05) is 17.7 Å². The Morgan fingerprint density at radius 3 is 2.38 bits per heavy atom. The Bertz CT molecular complexity index is 663. The molecule has 0 saturated carbocycles. The molecule has 1 N–H and O–H groups in total. The zero-order valence-corrected chi connectivity index (χ0v) is 12.6. The number of carboxylic acids is 1. The summed E-state index contributed by atoms with van der Waals surface area (Å²) in [4.78, 5) is 20.6. The normalized spacial score (nSPS) is 12.4. The molecule has 1 rings (SSSR count). The van der Waals surface area contributed by atoms with Gasteiger partial charge < -0.3 is 5.11 Å². The van der Waals surface area contributed by atoms with Gasteiger partial charge in [-0.25, -0.2) is 8.42 Å². The highest BCUT2D eigenvalue weighted by molar-refractivity contribution is 7.89. The maximum atomic E-state index is 12.5. The molecule has 0 aromatic heterocycles. The summed E-state index contributed by atoms with van der Waals surface area (Å²) in [5, 5.41) is 19.6. The Morgan fingerprint density at radius 2 is 1.95 bits per heavy atom. The number of carboxylic acid groups (broad SMARTS) is 1. The third kappa shape index (κ3) is 3.99. The summed E-state index contributed by atoms with van der Waals surface area (Å²) in [5.41, 5.74) is -1.36. The van der Waals surface area contributed by atoms with Crippen LogP contribution in [-0.2, 0) is 14.8 Å². The standard InChI is InChI=1S/C12H16N2O6S/c1-12(2,3)13(8-11(15)16)21(19,20)10-6-4-5-9(7-10)14(17)18/h4-7H,8H2,1-3H3,(H,15,16). The van der Waals surface area contributed by atoms with Crippen molar-refractivity contribution in [1.82, 2.24) is 4.31 Å². The fraction of sp³-hybridized carbons (Fsp3) is 0.417. The summed E-state index contributed by atoms with van der Waals surface area (Å²) in [7, 11) is -4.16. The number of non-ortho nitro benzene ring substituents is 1. The van der Waals surface area contributed by atoms with Crippen molar-refractivity contribution in [3.05, 3.63) is 34.4 Å². The first kappa shape index (κ1) is 17.1. The first-order valence-corrected chi connectivity index (χ1v) is 7.39. The Balaban J connectivity index is 3.39. The molecular weight excluding hydrogens is 300 g/mol. The molecule has 0 aliphatic carbocycles. The van der Waals surface area contributed by atoms with Crippen LogP contribution in [0.5, 0.6) is 0 Å². The summed E-state index contributed by atoms with van der Waals surface area (Å²) in [6.07, 6.45) is 0. The molecule has 116 valence electrons. The van der Waals surface area contributed by atoms with E-state index in [1.54, 1.807) is 20.8 Å². The molecule has 0 heterocycles. The van der Waals surface area contributed by atoms with E-state index in [0.29, 0.717) is 0 Å². The number of carbonyl (C=O) groups is 1. The Labute approximate surface area is 122 Å². The minimum atomic E-state index is -4.16. The predicted octanol–water partition coefficient (Wildman–Crippen LogP) is 1.47. The lowest BCUT2D eigenvalue weighted by Crippen LogP contribution is -2.48. The molecular formula is C12H16N2O6S. The number of sulfonamides is 1. The summed E-state index contributed by atoms with van der Waals surface area (Å²) in [6, 6.07) is 4.52. The van der Waals surface area contributed by atoms with E-state index in [4.69, 9.17) is 5.11 Å². The molecule has 0 aliphatic heterocycles. The molecule has 21 heavy (non-hydrogen) atoms. The maximum Gasteiger partial charge on any atom is 0.318 e. The second-order valence-electron chi connectivity index (χ2n) is 5.33. The molecule has 1 aromatic rings. The molecule has 0 spiro atoms. The van der Waals surface area contributed by atoms with Gasteiger partial charge in [0.25, 0.3) is 5.69 Å². The first-order chi connectivity index (χ1) is 9.46. The summed E-state index contributed by atoms with van der Waals surface area (Å²) in [6.45, 7) is 3.91. The van der Waals surface area contributed by atoms with Crippen LogP contribution in [0.15, 0.2) is 29.2 Å². The van der Waals surface area contributed by atoms with Gasteiger partial charge in [-0.1, -0.05) is 6.07 Å². The van der Waals surface area contributed by atoms with Crippen molar-refractivity contribution in [3.63, 3.8) is 0 Å². The zero-order chi connectivity index (χ0) is 16.4. The van der Waals surface area contributed by atoms with Crippen molar-refractivity contribution in [3.8, 4) is 0 Å². The maximum absolute atomic E-state index is 12.5. The molecule has 0 unspecified atom stereocenters. The third-order valence-electron chi connectivity index (χ3n) is 2.64. The van der Waals surface area contributed by atoms with Crippen LogP contribution in [0.1, 0.15) is 20.8 Å². The van der Waals surface area contributed by atoms with Crippen LogP contribution in [0, 0.1) is 10.1 Å². The smallest absolute Gasteiger partial charge is 0.318 e. The molecule has 0 radical (unpaired) electrons. The van der Waals surface area contributed by atoms with Crippen LogP contribution in [-0.4, -0.2) is 40.8 Å². The quantitative estimate of drug-likeness (QED) is 0.649. The average molecular weight is 316 g/mol. The SMILES string of the molecule is CC(C)(C)N(CC(=O)O)S(=O)(=O)c1cccc([N+](=O)[O-])c1. The van der Waals surface area contributed by atoms with E-state index in [1.807, 2.05) is 0 Å². The fourth-order valence-corrected chi connectivity index (χ4v) is 3.47. The highest BCUT2D eigenvalue weighted by Crippen LogP contribution is 2.26. The number of hydrogen-bond acceptors (Lipinski definition) is 5. The van der Waals surface area contributed by atoms with E-state index >= 15 is 0 Å². The molecule has 1 aromatic carbocycles. The van der Waals surface area contributed by atoms with E-state index in [1.165, 1.54) is 12.1 Å². The van der Waals surface area contributed by atoms with Crippen LogP contribution < -0.4 is 0 Å². The van der Waals surface area contributed by atoms with Gasteiger partial charge >= 0.3 is 5.97 Å². The Morgan fingerprint density at radius 1 is 1.38 bits per heavy atom. The number of nitro groups is 1. The number of nitro benzene ring substituents is 1. The highest BCUT2D eigenvalue weighted by atomic mass is 32.2. The topological polar surface area (TPSA) is 118 Å². The van der Waals surface area contributed by atoms with Crippen molar-refractivity contribution in [2.24, 2.45) is 0 Å². The van der Waals surface area contributed by atoms with Crippen molar-refractivity contribution in [2.75, 3.05) is 6.54 Å². The van der Waals surface area contributed by atoms with Crippen LogP contribution in [0.3, 0.4) is 0 Å². The van der Waals surface area contributed by atoms with Crippen LogP contribution in [0.25, 0.3) is 0 Å². The Kier molecular flexibility index (Phi) is 4.69. The van der Waals surface area contributed by atoms with Gasteiger partial charge in [0.2, 0.25) is 10.0 Å². The van der Waals surface area contributed by atoms with Gasteiger partial charge in [-0.2, -0.15) is 4.31 Å². The lowest BCUT2D eigenvalue weighted by atomic mass is 10.1. The number of aliphatic carboxylic acids is 1. The van der Waals surface area contributed by atoms with E-state index < -0.39 is 33.0 Å². The molecule has 0 aliphatic rings. The van der Waals surface area contributed by atoms with Gasteiger partial charge in [-0.15, -0.1) is 0 Å². The van der Waals surface area contributed by atoms with Crippen LogP contribution in [0.4, 0.5) is 5.69 Å². The number of rotatable bonds is 5. The van der Waals surface area contributed by atoms with E-state index in [0.717, 1.165) is 16.4 Å². The van der Waals surface area contributed by atoms with Crippen molar-refractivity contribution >= 4 is 21.7 Å². The minimum Gasteiger partial charge on any atom is -0.480 e. The van der Waals surface area contributed by atoms with E-state index in [2.05, 4.69) is 0 Å². The molecule has 0 fully saturated rings. The molecule has 9 heteroatoms. The summed E-state index contributed by atoms with van der Waals surface area (Å²) < 4.78 is 25.9. The number of benzene rings is 1. The van der Waals surface area contributed by atoms with Crippen LogP contribution >= 0.6 is 0 Å². The third-order valence-corrected chi connectivity index (χ3v) is 4.75. The minimum absolute atomic E-state index is 0.312. The van der Waals surface area contributed by atoms with Gasteiger partial charge in [0.15, 0.2) is 0 Å². The highest BCUT2D eigenvalue weighted by Gasteiger charge is 2.36. The van der Waals surface area contributed by atoms with Crippen LogP contribution in [0.2, 0.25) is 0 Å². The average Bonchev–Trinajstić information content (AvgIpc) is 2.34. The zero-order valence-electron chi connectivity index (χ0n) is 11.8. The molecule has 0 saturated heterocycles. The second-order valence-corrected chi connectivity index (χ2v) is 7.19. The first-order valence-electron chi connectivity index (χ1n) is 5.95. The molecule has 0 atom stereocenters. The number of nitrogens with zero attached hydrogens (tertiary/aromatic N) is 2. The van der Waals surface area contributed by atoms with E-state index in [-0.39, 0.29) is 10.6 Å². The fourth-order valence-electron chi connectivity index (χ4n) is 1.69. The van der Waals surface area contributed by atoms with Gasteiger partial charge in [-0.05, 0) is 26.8 Å².